The van der Waals surface area contributed by atoms with Crippen LogP contribution in [0.25, 0.3) is 22.0 Å². The second-order valence-corrected chi connectivity index (χ2v) is 8.08. The fraction of sp³-hybridized carbons (Fsp3) is 0.231. The molecule has 0 spiro atoms. The Labute approximate surface area is 177 Å². The third kappa shape index (κ3) is 3.66. The van der Waals surface area contributed by atoms with E-state index in [-0.39, 0.29) is 0 Å². The Bertz CT molecular complexity index is 1230. The maximum atomic E-state index is 4.76. The van der Waals surface area contributed by atoms with Crippen LogP contribution in [0.5, 0.6) is 0 Å². The van der Waals surface area contributed by atoms with E-state index in [9.17, 15) is 0 Å². The molecule has 2 heterocycles. The van der Waals surface area contributed by atoms with Crippen molar-refractivity contribution in [1.29, 1.82) is 0 Å². The monoisotopic (exact) mass is 394 g/mol. The van der Waals surface area contributed by atoms with Crippen LogP contribution in [-0.4, -0.2) is 16.5 Å². The summed E-state index contributed by atoms with van der Waals surface area (Å²) in [6.07, 6.45) is 1.07. The molecule has 2 N–H and O–H groups in total. The quantitative estimate of drug-likeness (QED) is 0.501. The minimum atomic E-state index is 0.678. The van der Waals surface area contributed by atoms with Crippen molar-refractivity contribution in [3.05, 3.63) is 88.6 Å². The summed E-state index contributed by atoms with van der Waals surface area (Å²) in [7, 11) is 0. The lowest BCUT2D eigenvalue weighted by Crippen LogP contribution is -2.24. The number of hydrogen-bond donors (Lipinski definition) is 2. The smallest absolute Gasteiger partial charge is 0.223 e. The van der Waals surface area contributed by atoms with Crippen molar-refractivity contribution in [2.24, 2.45) is 0 Å². The number of aryl methyl sites for hydroxylation is 2. The third-order valence-electron chi connectivity index (χ3n) is 5.87. The van der Waals surface area contributed by atoms with Gasteiger partial charge < -0.3 is 10.6 Å². The Morgan fingerprint density at radius 2 is 1.87 bits per heavy atom. The zero-order chi connectivity index (χ0) is 20.5. The Hall–Kier alpha value is -3.24. The van der Waals surface area contributed by atoms with Gasteiger partial charge >= 0.3 is 0 Å². The van der Waals surface area contributed by atoms with Crippen LogP contribution in [0.15, 0.2) is 60.7 Å². The minimum absolute atomic E-state index is 0.678. The van der Waals surface area contributed by atoms with E-state index in [2.05, 4.69) is 85.1 Å². The molecule has 4 aromatic rings. The van der Waals surface area contributed by atoms with Crippen molar-refractivity contribution >= 4 is 16.9 Å². The topological polar surface area (TPSA) is 49.8 Å². The third-order valence-corrected chi connectivity index (χ3v) is 5.87. The van der Waals surface area contributed by atoms with Crippen LogP contribution in [0.2, 0.25) is 0 Å². The second-order valence-electron chi connectivity index (χ2n) is 8.08. The standard InChI is InChI=1S/C26H26N4/c1-17-5-3-6-19(13-17)15-28-26-29-18(2)24-14-20(9-10-25(24)30-26)22-8-4-7-21-16-27-12-11-23(21)22/h3-10,13-14,27H,11-12,15-16H2,1-2H3,(H,28,29,30). The van der Waals surface area contributed by atoms with Gasteiger partial charge in [0.15, 0.2) is 0 Å². The molecule has 1 aliphatic heterocycles. The summed E-state index contributed by atoms with van der Waals surface area (Å²) in [5.41, 5.74) is 9.91. The number of nitrogens with zero attached hydrogens (tertiary/aromatic N) is 2. The maximum absolute atomic E-state index is 4.76. The molecule has 0 bridgehead atoms. The van der Waals surface area contributed by atoms with Gasteiger partial charge in [0.25, 0.3) is 0 Å². The molecule has 5 rings (SSSR count). The van der Waals surface area contributed by atoms with Gasteiger partial charge in [0.2, 0.25) is 5.95 Å². The average molecular weight is 395 g/mol. The van der Waals surface area contributed by atoms with Gasteiger partial charge in [-0.1, -0.05) is 54.1 Å². The van der Waals surface area contributed by atoms with Crippen molar-refractivity contribution < 1.29 is 0 Å². The highest BCUT2D eigenvalue weighted by Crippen LogP contribution is 2.31. The van der Waals surface area contributed by atoms with Crippen LogP contribution in [0.3, 0.4) is 0 Å². The Morgan fingerprint density at radius 1 is 0.967 bits per heavy atom. The minimum Gasteiger partial charge on any atom is -0.350 e. The summed E-state index contributed by atoms with van der Waals surface area (Å²) < 4.78 is 0. The summed E-state index contributed by atoms with van der Waals surface area (Å²) in [5, 5.41) is 7.95. The summed E-state index contributed by atoms with van der Waals surface area (Å²) in [4.78, 5) is 9.49. The van der Waals surface area contributed by atoms with E-state index < -0.39 is 0 Å². The summed E-state index contributed by atoms with van der Waals surface area (Å²) >= 11 is 0. The first-order valence-corrected chi connectivity index (χ1v) is 10.6. The van der Waals surface area contributed by atoms with Gasteiger partial charge in [0, 0.05) is 18.5 Å². The molecular weight excluding hydrogens is 368 g/mol. The molecule has 0 atom stereocenters. The van der Waals surface area contributed by atoms with Crippen LogP contribution in [0, 0.1) is 13.8 Å². The molecule has 4 heteroatoms. The van der Waals surface area contributed by atoms with Gasteiger partial charge in [-0.3, -0.25) is 0 Å². The number of aromatic nitrogens is 2. The van der Waals surface area contributed by atoms with Crippen LogP contribution in [0.4, 0.5) is 5.95 Å². The first-order chi connectivity index (χ1) is 14.7. The Balaban J connectivity index is 1.46. The fourth-order valence-electron chi connectivity index (χ4n) is 4.33. The van der Waals surface area contributed by atoms with Gasteiger partial charge in [-0.15, -0.1) is 0 Å². The SMILES string of the molecule is Cc1cccc(CNc2nc(C)c3cc(-c4cccc5c4CCNC5)ccc3n2)c1. The van der Waals surface area contributed by atoms with Crippen molar-refractivity contribution in [1.82, 2.24) is 15.3 Å². The highest BCUT2D eigenvalue weighted by molar-refractivity contribution is 5.87. The number of rotatable bonds is 4. The lowest BCUT2D eigenvalue weighted by atomic mass is 9.91. The molecule has 30 heavy (non-hydrogen) atoms. The Morgan fingerprint density at radius 3 is 2.77 bits per heavy atom. The zero-order valence-corrected chi connectivity index (χ0v) is 17.5. The molecule has 4 nitrogen and oxygen atoms in total. The van der Waals surface area contributed by atoms with Gasteiger partial charge in [0.05, 0.1) is 11.2 Å². The highest BCUT2D eigenvalue weighted by atomic mass is 15.1. The van der Waals surface area contributed by atoms with Gasteiger partial charge in [-0.25, -0.2) is 9.97 Å². The predicted octanol–water partition coefficient (Wildman–Crippen LogP) is 5.17. The summed E-state index contributed by atoms with van der Waals surface area (Å²) in [6.45, 7) is 6.88. The predicted molar refractivity (Wildman–Crippen MR) is 124 cm³/mol. The largest absolute Gasteiger partial charge is 0.350 e. The van der Waals surface area contributed by atoms with Crippen molar-refractivity contribution in [2.75, 3.05) is 11.9 Å². The van der Waals surface area contributed by atoms with Gasteiger partial charge in [0.1, 0.15) is 0 Å². The number of benzene rings is 3. The molecule has 0 amide bonds. The number of nitrogens with one attached hydrogen (secondary N) is 2. The van der Waals surface area contributed by atoms with Crippen LogP contribution >= 0.6 is 0 Å². The molecule has 0 aliphatic carbocycles. The van der Waals surface area contributed by atoms with E-state index >= 15 is 0 Å². The van der Waals surface area contributed by atoms with E-state index in [0.29, 0.717) is 5.95 Å². The van der Waals surface area contributed by atoms with Crippen LogP contribution in [-0.2, 0) is 19.5 Å². The Kier molecular flexibility index (Phi) is 4.93. The number of anilines is 1. The van der Waals surface area contributed by atoms with Gasteiger partial charge in [-0.05, 0) is 66.8 Å². The molecule has 0 saturated carbocycles. The molecule has 0 saturated heterocycles. The molecule has 0 fully saturated rings. The maximum Gasteiger partial charge on any atom is 0.223 e. The molecule has 0 radical (unpaired) electrons. The molecule has 3 aromatic carbocycles. The van der Waals surface area contributed by atoms with Crippen molar-refractivity contribution in [2.45, 2.75) is 33.4 Å². The normalized spacial score (nSPS) is 13.3. The second kappa shape index (κ2) is 7.88. The molecular formula is C26H26N4. The van der Waals surface area contributed by atoms with Crippen molar-refractivity contribution in [3.8, 4) is 11.1 Å². The lowest BCUT2D eigenvalue weighted by Gasteiger charge is -2.20. The molecule has 0 unspecified atom stereocenters. The number of hydrogen-bond acceptors (Lipinski definition) is 4. The van der Waals surface area contributed by atoms with E-state index in [4.69, 9.17) is 9.97 Å². The first kappa shape index (κ1) is 18.8. The average Bonchev–Trinajstić information content (AvgIpc) is 2.77. The highest BCUT2D eigenvalue weighted by Gasteiger charge is 2.14. The lowest BCUT2D eigenvalue weighted by molar-refractivity contribution is 0.645. The van der Waals surface area contributed by atoms with E-state index in [0.717, 1.165) is 42.7 Å². The number of fused-ring (bicyclic) bond motifs is 2. The van der Waals surface area contributed by atoms with E-state index in [1.54, 1.807) is 0 Å². The molecule has 150 valence electrons. The molecule has 1 aliphatic rings. The summed E-state index contributed by atoms with van der Waals surface area (Å²) in [5.74, 6) is 0.678. The molecule has 1 aromatic heterocycles. The summed E-state index contributed by atoms with van der Waals surface area (Å²) in [6, 6.07) is 21.7. The van der Waals surface area contributed by atoms with E-state index in [1.165, 1.54) is 33.4 Å². The van der Waals surface area contributed by atoms with E-state index in [1.807, 2.05) is 0 Å². The fourth-order valence-corrected chi connectivity index (χ4v) is 4.33. The first-order valence-electron chi connectivity index (χ1n) is 10.6. The van der Waals surface area contributed by atoms with Crippen LogP contribution < -0.4 is 10.6 Å². The van der Waals surface area contributed by atoms with Gasteiger partial charge in [-0.2, -0.15) is 0 Å². The van der Waals surface area contributed by atoms with Crippen molar-refractivity contribution in [3.63, 3.8) is 0 Å². The van der Waals surface area contributed by atoms with Crippen LogP contribution in [0.1, 0.15) is 27.9 Å². The zero-order valence-electron chi connectivity index (χ0n) is 17.5.